The third-order valence-corrected chi connectivity index (χ3v) is 6.88. The minimum absolute atomic E-state index is 0.0469. The van der Waals surface area contributed by atoms with E-state index in [0.29, 0.717) is 25.2 Å². The molecule has 0 unspecified atom stereocenters. The number of likely N-dealkylation sites (tertiary alicyclic amines) is 1. The molecule has 2 aliphatic heterocycles. The highest BCUT2D eigenvalue weighted by atomic mass is 16.2. The molecular formula is C27H23N3O2. The second kappa shape index (κ2) is 7.45. The van der Waals surface area contributed by atoms with Gasteiger partial charge in [0.25, 0.3) is 11.5 Å². The molecule has 0 aliphatic carbocycles. The summed E-state index contributed by atoms with van der Waals surface area (Å²) in [7, 11) is 0. The first kappa shape index (κ1) is 19.0. The summed E-state index contributed by atoms with van der Waals surface area (Å²) in [5, 5.41) is 2.30. The summed E-state index contributed by atoms with van der Waals surface area (Å²) in [6.07, 6.45) is 4.33. The summed E-state index contributed by atoms with van der Waals surface area (Å²) < 4.78 is 1.96. The third-order valence-electron chi connectivity index (χ3n) is 6.88. The van der Waals surface area contributed by atoms with E-state index in [2.05, 4.69) is 35.3 Å². The number of pyridine rings is 2. The van der Waals surface area contributed by atoms with Crippen molar-refractivity contribution in [2.24, 2.45) is 5.92 Å². The number of benzene rings is 2. The average Bonchev–Trinajstić information content (AvgIpc) is 2.84. The van der Waals surface area contributed by atoms with E-state index in [9.17, 15) is 9.59 Å². The number of nitrogens with zero attached hydrogens (tertiary/aromatic N) is 3. The summed E-state index contributed by atoms with van der Waals surface area (Å²) >= 11 is 0. The Morgan fingerprint density at radius 2 is 1.69 bits per heavy atom. The van der Waals surface area contributed by atoms with Gasteiger partial charge in [-0.2, -0.15) is 0 Å². The van der Waals surface area contributed by atoms with Crippen molar-refractivity contribution in [2.45, 2.75) is 18.9 Å². The van der Waals surface area contributed by atoms with Gasteiger partial charge in [-0.05, 0) is 59.0 Å². The number of rotatable bonds is 2. The van der Waals surface area contributed by atoms with Crippen molar-refractivity contribution >= 4 is 16.7 Å². The van der Waals surface area contributed by atoms with E-state index in [-0.39, 0.29) is 23.3 Å². The minimum atomic E-state index is 0.0469. The first-order valence-corrected chi connectivity index (χ1v) is 11.1. The van der Waals surface area contributed by atoms with Crippen LogP contribution in [0, 0.1) is 5.92 Å². The van der Waals surface area contributed by atoms with E-state index in [1.807, 2.05) is 33.7 Å². The van der Waals surface area contributed by atoms with Gasteiger partial charge in [0.05, 0.1) is 0 Å². The average molecular weight is 422 g/mol. The van der Waals surface area contributed by atoms with E-state index in [1.54, 1.807) is 24.5 Å². The normalized spacial score (nSPS) is 19.6. The van der Waals surface area contributed by atoms with Gasteiger partial charge in [-0.3, -0.25) is 14.6 Å². The zero-order valence-electron chi connectivity index (χ0n) is 17.6. The summed E-state index contributed by atoms with van der Waals surface area (Å²) in [5.74, 6) is 0.522. The topological polar surface area (TPSA) is 55.2 Å². The highest BCUT2D eigenvalue weighted by molar-refractivity contribution is 5.94. The molecule has 158 valence electrons. The Hall–Kier alpha value is -3.73. The highest BCUT2D eigenvalue weighted by Crippen LogP contribution is 2.36. The fourth-order valence-corrected chi connectivity index (χ4v) is 5.37. The Bertz CT molecular complexity index is 1390. The predicted molar refractivity (Wildman–Crippen MR) is 125 cm³/mol. The Morgan fingerprint density at radius 1 is 0.875 bits per heavy atom. The monoisotopic (exact) mass is 421 g/mol. The maximum atomic E-state index is 13.5. The molecule has 1 amide bonds. The first-order valence-electron chi connectivity index (χ1n) is 11.1. The summed E-state index contributed by atoms with van der Waals surface area (Å²) in [6, 6.07) is 22.0. The molecule has 2 aromatic carbocycles. The standard InChI is InChI=1S/C27H23N3O2/c31-26(20-9-11-28-12-10-20)29-15-18-13-23(17-29)25-8-7-24(27(32)30(25)16-18)22-6-5-19-3-1-2-4-21(19)14-22/h1-12,14,18,23H,13,15-17H2/t18-,23-/m1/s1. The molecule has 2 atom stereocenters. The smallest absolute Gasteiger partial charge is 0.258 e. The molecule has 2 aromatic heterocycles. The molecule has 0 radical (unpaired) electrons. The lowest BCUT2D eigenvalue weighted by molar-refractivity contribution is 0.0594. The van der Waals surface area contributed by atoms with Gasteiger partial charge in [0, 0.05) is 54.8 Å². The number of carbonyl (C=O) groups is 1. The van der Waals surface area contributed by atoms with Crippen LogP contribution in [0.1, 0.15) is 28.4 Å². The zero-order chi connectivity index (χ0) is 21.7. The van der Waals surface area contributed by atoms with Crippen molar-refractivity contribution in [3.8, 4) is 11.1 Å². The molecule has 32 heavy (non-hydrogen) atoms. The second-order valence-corrected chi connectivity index (χ2v) is 8.89. The fourth-order valence-electron chi connectivity index (χ4n) is 5.37. The molecule has 0 saturated carbocycles. The molecule has 2 bridgehead atoms. The van der Waals surface area contributed by atoms with Crippen molar-refractivity contribution in [3.63, 3.8) is 0 Å². The van der Waals surface area contributed by atoms with Gasteiger partial charge < -0.3 is 9.47 Å². The number of carbonyl (C=O) groups excluding carboxylic acids is 1. The van der Waals surface area contributed by atoms with Crippen LogP contribution in [0.15, 0.2) is 83.9 Å². The maximum absolute atomic E-state index is 13.5. The van der Waals surface area contributed by atoms with Crippen LogP contribution < -0.4 is 5.56 Å². The van der Waals surface area contributed by atoms with Gasteiger partial charge in [-0.25, -0.2) is 0 Å². The Kier molecular flexibility index (Phi) is 4.42. The molecular weight excluding hydrogens is 398 g/mol. The van der Waals surface area contributed by atoms with Crippen molar-refractivity contribution in [3.05, 3.63) is 101 Å². The molecule has 6 rings (SSSR count). The molecule has 0 spiro atoms. The van der Waals surface area contributed by atoms with Crippen molar-refractivity contribution < 1.29 is 4.79 Å². The fraction of sp³-hybridized carbons (Fsp3) is 0.222. The van der Waals surface area contributed by atoms with Crippen molar-refractivity contribution in [1.82, 2.24) is 14.5 Å². The predicted octanol–water partition coefficient (Wildman–Crippen LogP) is 4.32. The molecule has 4 heterocycles. The Morgan fingerprint density at radius 3 is 2.53 bits per heavy atom. The van der Waals surface area contributed by atoms with E-state index >= 15 is 0 Å². The van der Waals surface area contributed by atoms with Gasteiger partial charge >= 0.3 is 0 Å². The lowest BCUT2D eigenvalue weighted by atomic mass is 9.82. The summed E-state index contributed by atoms with van der Waals surface area (Å²) in [4.78, 5) is 32.4. The zero-order valence-corrected chi connectivity index (χ0v) is 17.6. The van der Waals surface area contributed by atoms with E-state index < -0.39 is 0 Å². The van der Waals surface area contributed by atoms with Gasteiger partial charge in [-0.15, -0.1) is 0 Å². The molecule has 4 aromatic rings. The van der Waals surface area contributed by atoms with Gasteiger partial charge in [-0.1, -0.05) is 36.4 Å². The molecule has 0 N–H and O–H groups in total. The van der Waals surface area contributed by atoms with Crippen molar-refractivity contribution in [2.75, 3.05) is 13.1 Å². The van der Waals surface area contributed by atoms with Gasteiger partial charge in [0.2, 0.25) is 0 Å². The SMILES string of the molecule is O=C(c1ccncc1)N1C[C@H]2C[C@H](C1)c1ccc(-c3ccc4ccccc4c3)c(=O)n1C2. The van der Waals surface area contributed by atoms with E-state index in [1.165, 1.54) is 5.39 Å². The minimum Gasteiger partial charge on any atom is -0.338 e. The van der Waals surface area contributed by atoms with Crippen LogP contribution in [0.3, 0.4) is 0 Å². The third kappa shape index (κ3) is 3.12. The maximum Gasteiger partial charge on any atom is 0.258 e. The van der Waals surface area contributed by atoms with Crippen molar-refractivity contribution in [1.29, 1.82) is 0 Å². The van der Waals surface area contributed by atoms with E-state index in [4.69, 9.17) is 0 Å². The van der Waals surface area contributed by atoms with Crippen LogP contribution in [-0.2, 0) is 6.54 Å². The number of piperidine rings is 1. The van der Waals surface area contributed by atoms with Crippen LogP contribution in [0.2, 0.25) is 0 Å². The quantitative estimate of drug-likeness (QED) is 0.484. The number of fused-ring (bicyclic) bond motifs is 5. The van der Waals surface area contributed by atoms with Crippen LogP contribution in [0.4, 0.5) is 0 Å². The Balaban J connectivity index is 1.34. The summed E-state index contributed by atoms with van der Waals surface area (Å²) in [5.41, 5.74) is 3.48. The molecule has 5 nitrogen and oxygen atoms in total. The number of hydrogen-bond acceptors (Lipinski definition) is 3. The van der Waals surface area contributed by atoms with Crippen LogP contribution in [0.5, 0.6) is 0 Å². The summed E-state index contributed by atoms with van der Waals surface area (Å²) in [6.45, 7) is 1.99. The largest absolute Gasteiger partial charge is 0.338 e. The number of aromatic nitrogens is 2. The lowest BCUT2D eigenvalue weighted by Crippen LogP contribution is -2.49. The molecule has 2 aliphatic rings. The van der Waals surface area contributed by atoms with Gasteiger partial charge in [0.1, 0.15) is 0 Å². The molecule has 5 heteroatoms. The first-order chi connectivity index (χ1) is 15.7. The molecule has 1 fully saturated rings. The number of amides is 1. The highest BCUT2D eigenvalue weighted by Gasteiger charge is 2.37. The van der Waals surface area contributed by atoms with E-state index in [0.717, 1.165) is 28.6 Å². The van der Waals surface area contributed by atoms with Crippen LogP contribution in [-0.4, -0.2) is 33.4 Å². The number of hydrogen-bond donors (Lipinski definition) is 0. The molecule has 1 saturated heterocycles. The van der Waals surface area contributed by atoms with Gasteiger partial charge in [0.15, 0.2) is 0 Å². The second-order valence-electron chi connectivity index (χ2n) is 8.89. The van der Waals surface area contributed by atoms with Crippen LogP contribution in [0.25, 0.3) is 21.9 Å². The van der Waals surface area contributed by atoms with Crippen LogP contribution >= 0.6 is 0 Å². The Labute approximate surface area is 186 Å². The lowest BCUT2D eigenvalue weighted by Gasteiger charge is -2.43.